The van der Waals surface area contributed by atoms with Crippen molar-refractivity contribution >= 4 is 17.0 Å². The van der Waals surface area contributed by atoms with Gasteiger partial charge in [0.15, 0.2) is 40.5 Å². The number of rotatable bonds is 8. The first-order valence-corrected chi connectivity index (χ1v) is 11.2. The summed E-state index contributed by atoms with van der Waals surface area (Å²) in [5.74, 6) is 1.44. The van der Waals surface area contributed by atoms with Crippen molar-refractivity contribution in [1.29, 1.82) is 0 Å². The molecule has 4 heterocycles. The predicted octanol–water partition coefficient (Wildman–Crippen LogP) is 1.87. The third-order valence-electron chi connectivity index (χ3n) is 6.12. The van der Waals surface area contributed by atoms with Crippen molar-refractivity contribution < 1.29 is 33.5 Å². The monoisotopic (exact) mass is 487 g/mol. The molecule has 35 heavy (non-hydrogen) atoms. The molecular weight excluding hydrogens is 458 g/mol. The van der Waals surface area contributed by atoms with E-state index in [0.29, 0.717) is 40.8 Å². The van der Waals surface area contributed by atoms with Crippen molar-refractivity contribution in [3.8, 4) is 17.2 Å². The molecule has 0 spiro atoms. The van der Waals surface area contributed by atoms with E-state index in [4.69, 9.17) is 28.4 Å². The lowest BCUT2D eigenvalue weighted by atomic mass is 10.1. The number of hydrogen-bond donors (Lipinski definition) is 2. The number of imidazole rings is 1. The zero-order chi connectivity index (χ0) is 24.7. The first kappa shape index (κ1) is 23.5. The molecule has 0 saturated carbocycles. The molecule has 188 valence electrons. The molecule has 5 rings (SSSR count). The number of ether oxygens (including phenoxy) is 6. The third kappa shape index (κ3) is 4.12. The fraction of sp³-hybridized carbons (Fsp3) is 0.522. The second-order valence-electron chi connectivity index (χ2n) is 8.75. The van der Waals surface area contributed by atoms with Crippen LogP contribution in [0.4, 0.5) is 5.82 Å². The standard InChI is InChI=1S/C23H29N5O7/c1-23(2)34-18-15(9-29)33-22(19(18)35-23)28-11-27-16-20(25-10-26-21(16)28)24-8-12-6-13(30-3)17(32-5)14(7-12)31-4/h6-7,10-11,15,18-19,22,29H,8-9H2,1-5H3,(H,24,25,26)/t15-,18-,19-,22-/m1/s1. The summed E-state index contributed by atoms with van der Waals surface area (Å²) in [5.41, 5.74) is 2.05. The van der Waals surface area contributed by atoms with E-state index in [9.17, 15) is 5.11 Å². The van der Waals surface area contributed by atoms with E-state index < -0.39 is 30.3 Å². The van der Waals surface area contributed by atoms with Gasteiger partial charge in [0.25, 0.3) is 0 Å². The van der Waals surface area contributed by atoms with Crippen LogP contribution in [0.25, 0.3) is 11.2 Å². The number of nitrogens with one attached hydrogen (secondary N) is 1. The van der Waals surface area contributed by atoms with E-state index in [1.807, 2.05) is 26.0 Å². The van der Waals surface area contributed by atoms with Gasteiger partial charge in [-0.2, -0.15) is 0 Å². The van der Waals surface area contributed by atoms with Crippen LogP contribution >= 0.6 is 0 Å². The van der Waals surface area contributed by atoms with E-state index in [0.717, 1.165) is 5.56 Å². The average Bonchev–Trinajstić information content (AvgIpc) is 3.52. The van der Waals surface area contributed by atoms with E-state index in [2.05, 4.69) is 20.3 Å². The highest BCUT2D eigenvalue weighted by Crippen LogP contribution is 2.44. The fourth-order valence-electron chi connectivity index (χ4n) is 4.62. The molecule has 2 N–H and O–H groups in total. The lowest BCUT2D eigenvalue weighted by Gasteiger charge is -2.24. The third-order valence-corrected chi connectivity index (χ3v) is 6.12. The van der Waals surface area contributed by atoms with Crippen LogP contribution in [0.3, 0.4) is 0 Å². The minimum atomic E-state index is -0.774. The smallest absolute Gasteiger partial charge is 0.203 e. The van der Waals surface area contributed by atoms with Crippen molar-refractivity contribution in [2.24, 2.45) is 0 Å². The molecule has 3 aromatic rings. The predicted molar refractivity (Wildman–Crippen MR) is 124 cm³/mol. The van der Waals surface area contributed by atoms with Gasteiger partial charge >= 0.3 is 0 Å². The molecule has 2 aromatic heterocycles. The summed E-state index contributed by atoms with van der Waals surface area (Å²) < 4.78 is 36.2. The van der Waals surface area contributed by atoms with Crippen LogP contribution in [0.2, 0.25) is 0 Å². The van der Waals surface area contributed by atoms with Gasteiger partial charge in [0.05, 0.1) is 34.3 Å². The summed E-state index contributed by atoms with van der Waals surface area (Å²) in [4.78, 5) is 13.4. The number of aromatic nitrogens is 4. The minimum Gasteiger partial charge on any atom is -0.493 e. The number of benzene rings is 1. The van der Waals surface area contributed by atoms with Crippen molar-refractivity contribution in [3.63, 3.8) is 0 Å². The van der Waals surface area contributed by atoms with Crippen molar-refractivity contribution in [3.05, 3.63) is 30.4 Å². The van der Waals surface area contributed by atoms with Gasteiger partial charge < -0.3 is 38.8 Å². The van der Waals surface area contributed by atoms with Crippen LogP contribution in [0, 0.1) is 0 Å². The Morgan fingerprint density at radius 2 is 1.74 bits per heavy atom. The molecule has 12 heteroatoms. The first-order valence-electron chi connectivity index (χ1n) is 11.2. The van der Waals surface area contributed by atoms with Gasteiger partial charge in [-0.3, -0.25) is 4.57 Å². The van der Waals surface area contributed by atoms with Gasteiger partial charge in [-0.25, -0.2) is 15.0 Å². The maximum Gasteiger partial charge on any atom is 0.203 e. The highest BCUT2D eigenvalue weighted by Gasteiger charge is 2.56. The first-order chi connectivity index (χ1) is 16.9. The summed E-state index contributed by atoms with van der Waals surface area (Å²) >= 11 is 0. The molecule has 2 aliphatic heterocycles. The van der Waals surface area contributed by atoms with Gasteiger partial charge in [-0.15, -0.1) is 0 Å². The van der Waals surface area contributed by atoms with Gasteiger partial charge in [-0.1, -0.05) is 0 Å². The second-order valence-corrected chi connectivity index (χ2v) is 8.75. The van der Waals surface area contributed by atoms with Crippen LogP contribution < -0.4 is 19.5 Å². The Hall–Kier alpha value is -3.19. The van der Waals surface area contributed by atoms with Crippen molar-refractivity contribution in [2.45, 2.75) is 50.7 Å². The number of nitrogens with zero attached hydrogens (tertiary/aromatic N) is 4. The lowest BCUT2D eigenvalue weighted by Crippen LogP contribution is -2.31. The van der Waals surface area contributed by atoms with Crippen molar-refractivity contribution in [2.75, 3.05) is 33.3 Å². The zero-order valence-electron chi connectivity index (χ0n) is 20.2. The molecular formula is C23H29N5O7. The molecule has 0 radical (unpaired) electrons. The maximum atomic E-state index is 9.80. The largest absolute Gasteiger partial charge is 0.493 e. The Bertz CT molecular complexity index is 1190. The molecule has 2 fully saturated rings. The summed E-state index contributed by atoms with van der Waals surface area (Å²) in [5, 5.41) is 13.1. The Kier molecular flexibility index (Phi) is 6.13. The normalized spacial score (nSPS) is 25.0. The zero-order valence-corrected chi connectivity index (χ0v) is 20.2. The van der Waals surface area contributed by atoms with E-state index in [-0.39, 0.29) is 6.61 Å². The van der Waals surface area contributed by atoms with Gasteiger partial charge in [0.1, 0.15) is 24.6 Å². The topological polar surface area (TPSA) is 131 Å². The number of aliphatic hydroxyl groups excluding tert-OH is 1. The number of methoxy groups -OCH3 is 3. The Morgan fingerprint density at radius 1 is 1.03 bits per heavy atom. The summed E-state index contributed by atoms with van der Waals surface area (Å²) in [6.07, 6.45) is 1.23. The average molecular weight is 488 g/mol. The SMILES string of the molecule is COc1cc(CNc2ncnc3c2ncn3[C@@H]2O[C@H](CO)[C@H]3OC(C)(C)O[C@H]32)cc(OC)c1OC. The molecule has 0 aliphatic carbocycles. The Labute approximate surface area is 202 Å². The minimum absolute atomic E-state index is 0.180. The van der Waals surface area contributed by atoms with E-state index in [1.165, 1.54) is 6.33 Å². The fourth-order valence-corrected chi connectivity index (χ4v) is 4.62. The molecule has 0 amide bonds. The van der Waals surface area contributed by atoms with E-state index in [1.54, 1.807) is 32.2 Å². The molecule has 1 aromatic carbocycles. The van der Waals surface area contributed by atoms with Gasteiger partial charge in [0.2, 0.25) is 5.75 Å². The maximum absolute atomic E-state index is 9.80. The Balaban J connectivity index is 1.41. The van der Waals surface area contributed by atoms with E-state index >= 15 is 0 Å². The van der Waals surface area contributed by atoms with Gasteiger partial charge in [-0.05, 0) is 31.5 Å². The van der Waals surface area contributed by atoms with Gasteiger partial charge in [0, 0.05) is 6.54 Å². The number of hydrogen-bond acceptors (Lipinski definition) is 11. The van der Waals surface area contributed by atoms with Crippen LogP contribution in [0.1, 0.15) is 25.6 Å². The lowest BCUT2D eigenvalue weighted by molar-refractivity contribution is -0.199. The van der Waals surface area contributed by atoms with Crippen LogP contribution in [-0.4, -0.2) is 76.7 Å². The summed E-state index contributed by atoms with van der Waals surface area (Å²) in [6.45, 7) is 3.94. The quantitative estimate of drug-likeness (QED) is 0.483. The molecule has 4 atom stereocenters. The van der Waals surface area contributed by atoms with Crippen LogP contribution in [0.5, 0.6) is 17.2 Å². The molecule has 0 bridgehead atoms. The van der Waals surface area contributed by atoms with Crippen LogP contribution in [0.15, 0.2) is 24.8 Å². The molecule has 2 saturated heterocycles. The Morgan fingerprint density at radius 3 is 2.40 bits per heavy atom. The highest BCUT2D eigenvalue weighted by atomic mass is 16.8. The van der Waals surface area contributed by atoms with Crippen molar-refractivity contribution in [1.82, 2.24) is 19.5 Å². The second kappa shape index (κ2) is 9.11. The number of fused-ring (bicyclic) bond motifs is 2. The molecule has 12 nitrogen and oxygen atoms in total. The summed E-state index contributed by atoms with van der Waals surface area (Å²) in [6, 6.07) is 3.73. The molecule has 0 unspecified atom stereocenters. The molecule has 2 aliphatic rings. The highest BCUT2D eigenvalue weighted by molar-refractivity contribution is 5.82. The van der Waals surface area contributed by atoms with Crippen LogP contribution in [-0.2, 0) is 20.8 Å². The number of anilines is 1. The number of aliphatic hydroxyl groups is 1. The summed E-state index contributed by atoms with van der Waals surface area (Å²) in [7, 11) is 4.72.